The molecule has 0 atom stereocenters. The molecule has 3 aromatic carbocycles. The van der Waals surface area contributed by atoms with Gasteiger partial charge < -0.3 is 15.4 Å². The molecule has 0 heterocycles. The van der Waals surface area contributed by atoms with Crippen molar-refractivity contribution in [2.24, 2.45) is 0 Å². The lowest BCUT2D eigenvalue weighted by atomic mass is 9.93. The van der Waals surface area contributed by atoms with E-state index < -0.39 is 79.9 Å². The Morgan fingerprint density at radius 2 is 1.39 bits per heavy atom. The third-order valence-electron chi connectivity index (χ3n) is 5.29. The summed E-state index contributed by atoms with van der Waals surface area (Å²) in [7, 11) is 0. The molecule has 2 amide bonds. The van der Waals surface area contributed by atoms with Gasteiger partial charge in [-0.1, -0.05) is 6.07 Å². The molecule has 17 heteroatoms. The zero-order valence-electron chi connectivity index (χ0n) is 19.5. The van der Waals surface area contributed by atoms with Gasteiger partial charge in [-0.2, -0.15) is 35.1 Å². The molecule has 41 heavy (non-hydrogen) atoms. The quantitative estimate of drug-likeness (QED) is 0.193. The molecule has 3 aromatic rings. The van der Waals surface area contributed by atoms with Gasteiger partial charge in [0.1, 0.15) is 5.82 Å². The van der Waals surface area contributed by atoms with Gasteiger partial charge in [0.15, 0.2) is 11.6 Å². The Morgan fingerprint density at radius 3 is 1.93 bits per heavy atom. The Morgan fingerprint density at radius 1 is 0.805 bits per heavy atom. The molecule has 0 aliphatic rings. The molecule has 0 unspecified atom stereocenters. The van der Waals surface area contributed by atoms with Gasteiger partial charge in [0.05, 0.1) is 16.9 Å². The first-order valence-electron chi connectivity index (χ1n) is 10.6. The molecule has 2 N–H and O–H groups in total. The van der Waals surface area contributed by atoms with Crippen LogP contribution in [0.25, 0.3) is 0 Å². The lowest BCUT2D eigenvalue weighted by Gasteiger charge is -2.31. The molecule has 3 rings (SSSR count). The van der Waals surface area contributed by atoms with Gasteiger partial charge in [-0.25, -0.2) is 13.2 Å². The average molecular weight is 712 g/mol. The van der Waals surface area contributed by atoms with Crippen LogP contribution in [0, 0.1) is 15.2 Å². The van der Waals surface area contributed by atoms with E-state index in [0.717, 1.165) is 65.1 Å². The molecule has 0 aliphatic carbocycles. The zero-order valence-corrected chi connectivity index (χ0v) is 21.7. The van der Waals surface area contributed by atoms with Gasteiger partial charge in [-0.05, 0) is 71.1 Å². The Kier molecular flexibility index (Phi) is 9.09. The summed E-state index contributed by atoms with van der Waals surface area (Å²) in [6.07, 6.45) is -13.2. The maximum atomic E-state index is 15.1. The summed E-state index contributed by atoms with van der Waals surface area (Å²) in [5.41, 5.74) is -10.7. The van der Waals surface area contributed by atoms with Crippen molar-refractivity contribution in [2.75, 3.05) is 10.6 Å². The molecule has 0 aromatic heterocycles. The predicted molar refractivity (Wildman–Crippen MR) is 129 cm³/mol. The van der Waals surface area contributed by atoms with E-state index in [1.165, 1.54) is 0 Å². The fourth-order valence-electron chi connectivity index (χ4n) is 3.36. The Labute approximate surface area is 235 Å². The summed E-state index contributed by atoms with van der Waals surface area (Å²) in [5.74, 6) is -5.95. The number of anilines is 2. The van der Waals surface area contributed by atoms with Gasteiger partial charge in [0.25, 0.3) is 11.8 Å². The van der Waals surface area contributed by atoms with Crippen LogP contribution in [0.3, 0.4) is 0 Å². The largest absolute Gasteiger partial charge is 0.435 e. The van der Waals surface area contributed by atoms with Gasteiger partial charge in [-0.3, -0.25) is 9.59 Å². The lowest BCUT2D eigenvalue weighted by Crippen LogP contribution is -2.50. The third kappa shape index (κ3) is 6.65. The first-order chi connectivity index (χ1) is 18.9. The lowest BCUT2D eigenvalue weighted by molar-refractivity contribution is -0.348. The maximum Gasteiger partial charge on any atom is 0.435 e. The highest BCUT2D eigenvalue weighted by Crippen LogP contribution is 2.54. The number of hydrogen-bond acceptors (Lipinski definition) is 3. The summed E-state index contributed by atoms with van der Waals surface area (Å²) in [5, 5.41) is 3.94. The van der Waals surface area contributed by atoms with Crippen molar-refractivity contribution in [1.29, 1.82) is 0 Å². The van der Waals surface area contributed by atoms with Crippen molar-refractivity contribution < 1.29 is 62.6 Å². The van der Waals surface area contributed by atoms with Crippen LogP contribution in [0.4, 0.5) is 59.7 Å². The number of carbonyl (C=O) groups excluding carboxylic acids is 2. The van der Waals surface area contributed by atoms with Crippen LogP contribution in [0.15, 0.2) is 54.6 Å². The molecule has 0 spiro atoms. The fraction of sp³-hybridized carbons (Fsp3) is 0.167. The number of ether oxygens (including phenoxy) is 1. The zero-order chi connectivity index (χ0) is 30.9. The minimum absolute atomic E-state index is 0.00875. The normalized spacial score (nSPS) is 12.3. The molecule has 0 saturated carbocycles. The van der Waals surface area contributed by atoms with E-state index in [9.17, 15) is 53.5 Å². The summed E-state index contributed by atoms with van der Waals surface area (Å²) in [6, 6.07) is 6.60. The van der Waals surface area contributed by atoms with Crippen molar-refractivity contribution in [3.63, 3.8) is 0 Å². The SMILES string of the molecule is O=C(Nc1cccc(C(=O)Nc2c(I)cc(C(F)(C(F)(F)F)C(F)(F)F)cc2OC(F)F)c1F)c1ccc(F)cc1. The summed E-state index contributed by atoms with van der Waals surface area (Å²) in [6.45, 7) is -3.86. The van der Waals surface area contributed by atoms with E-state index >= 15 is 4.39 Å². The minimum atomic E-state index is -6.58. The summed E-state index contributed by atoms with van der Waals surface area (Å²) >= 11 is 1.03. The molecule has 0 saturated heterocycles. The molecule has 0 bridgehead atoms. The average Bonchev–Trinajstić information content (AvgIpc) is 2.85. The second kappa shape index (κ2) is 11.7. The van der Waals surface area contributed by atoms with Gasteiger partial charge in [-0.15, -0.1) is 0 Å². The van der Waals surface area contributed by atoms with Crippen LogP contribution in [0.5, 0.6) is 5.75 Å². The molecule has 0 radical (unpaired) electrons. The second-order valence-electron chi connectivity index (χ2n) is 7.95. The van der Waals surface area contributed by atoms with Gasteiger partial charge in [0.2, 0.25) is 0 Å². The monoisotopic (exact) mass is 712 g/mol. The molecule has 0 fully saturated rings. The van der Waals surface area contributed by atoms with Crippen LogP contribution < -0.4 is 15.4 Å². The van der Waals surface area contributed by atoms with Crippen molar-refractivity contribution in [2.45, 2.75) is 24.6 Å². The highest BCUT2D eigenvalue weighted by atomic mass is 127. The van der Waals surface area contributed by atoms with Crippen LogP contribution in [0.2, 0.25) is 0 Å². The number of amides is 2. The number of hydrogen-bond donors (Lipinski definition) is 2. The maximum absolute atomic E-state index is 15.1. The smallest absolute Gasteiger partial charge is 0.433 e. The van der Waals surface area contributed by atoms with E-state index in [-0.39, 0.29) is 17.7 Å². The van der Waals surface area contributed by atoms with Crippen LogP contribution in [-0.4, -0.2) is 30.8 Å². The minimum Gasteiger partial charge on any atom is -0.433 e. The molecular formula is C24H12F11IN2O3. The molecule has 0 aliphatic heterocycles. The van der Waals surface area contributed by atoms with Crippen LogP contribution in [-0.2, 0) is 5.67 Å². The second-order valence-corrected chi connectivity index (χ2v) is 9.11. The van der Waals surface area contributed by atoms with E-state index in [4.69, 9.17) is 0 Å². The summed E-state index contributed by atoms with van der Waals surface area (Å²) in [4.78, 5) is 25.1. The highest BCUT2D eigenvalue weighted by molar-refractivity contribution is 14.1. The third-order valence-corrected chi connectivity index (χ3v) is 6.14. The van der Waals surface area contributed by atoms with Crippen LogP contribution in [0.1, 0.15) is 26.3 Å². The first-order valence-corrected chi connectivity index (χ1v) is 11.7. The van der Waals surface area contributed by atoms with Crippen molar-refractivity contribution in [3.8, 4) is 5.75 Å². The number of alkyl halides is 9. The van der Waals surface area contributed by atoms with E-state index in [1.54, 1.807) is 0 Å². The summed E-state index contributed by atoms with van der Waals surface area (Å²) < 4.78 is 151. The Balaban J connectivity index is 2.01. The number of nitrogens with one attached hydrogen (secondary N) is 2. The van der Waals surface area contributed by atoms with Crippen molar-refractivity contribution >= 4 is 45.8 Å². The van der Waals surface area contributed by atoms with E-state index in [0.29, 0.717) is 0 Å². The number of benzene rings is 3. The van der Waals surface area contributed by atoms with Crippen molar-refractivity contribution in [3.05, 3.63) is 86.5 Å². The number of halogens is 12. The van der Waals surface area contributed by atoms with E-state index in [1.807, 2.05) is 5.32 Å². The standard InChI is InChI=1S/C24H12F11IN2O3/c25-12-6-4-10(5-7-12)19(39)37-15-3-1-2-13(17(15)26)20(40)38-18-14(36)8-11(9-16(18)41-21(27)28)22(29,23(30,31)32)24(33,34)35/h1-9,21H,(H,37,39)(H,38,40). The van der Waals surface area contributed by atoms with Gasteiger partial charge in [0, 0.05) is 14.7 Å². The predicted octanol–water partition coefficient (Wildman–Crippen LogP) is 7.96. The van der Waals surface area contributed by atoms with Crippen LogP contribution >= 0.6 is 22.6 Å². The molecule has 5 nitrogen and oxygen atoms in total. The van der Waals surface area contributed by atoms with Gasteiger partial charge >= 0.3 is 24.6 Å². The Bertz CT molecular complexity index is 1440. The number of rotatable bonds is 7. The van der Waals surface area contributed by atoms with Crippen molar-refractivity contribution in [1.82, 2.24) is 0 Å². The molecular weight excluding hydrogens is 700 g/mol. The highest BCUT2D eigenvalue weighted by Gasteiger charge is 2.73. The number of carbonyl (C=O) groups is 2. The molecule has 220 valence electrons. The Hall–Kier alpha value is -3.64. The first kappa shape index (κ1) is 31.9. The topological polar surface area (TPSA) is 67.4 Å². The van der Waals surface area contributed by atoms with E-state index in [2.05, 4.69) is 10.1 Å². The fourth-order valence-corrected chi connectivity index (χ4v) is 4.10.